The van der Waals surface area contributed by atoms with Crippen LogP contribution in [0.4, 0.5) is 0 Å². The number of ether oxygens (including phenoxy) is 2. The van der Waals surface area contributed by atoms with Crippen LogP contribution >= 0.6 is 0 Å². The third-order valence-electron chi connectivity index (χ3n) is 3.28. The fourth-order valence-corrected chi connectivity index (χ4v) is 2.03. The third kappa shape index (κ3) is 4.66. The maximum absolute atomic E-state index is 12.1. The number of carbonyl (C=O) groups excluding carboxylic acids is 1. The molecule has 2 rings (SSSR count). The van der Waals surface area contributed by atoms with Crippen LogP contribution in [-0.4, -0.2) is 48.2 Å². The van der Waals surface area contributed by atoms with E-state index in [0.717, 1.165) is 12.8 Å². The fraction of sp³-hybridized carbons (Fsp3) is 0.467. The van der Waals surface area contributed by atoms with Crippen LogP contribution in [-0.2, 0) is 9.59 Å². The number of amides is 1. The van der Waals surface area contributed by atoms with Gasteiger partial charge in [0.2, 0.25) is 0 Å². The van der Waals surface area contributed by atoms with Crippen LogP contribution in [0, 0.1) is 0 Å². The van der Waals surface area contributed by atoms with Crippen LogP contribution in [0.25, 0.3) is 0 Å². The Bertz CT molecular complexity index is 513. The van der Waals surface area contributed by atoms with Gasteiger partial charge in [-0.1, -0.05) is 6.07 Å². The number of carboxylic acid groups (broad SMARTS) is 1. The van der Waals surface area contributed by atoms with Crippen molar-refractivity contribution in [2.45, 2.75) is 25.3 Å². The lowest BCUT2D eigenvalue weighted by Gasteiger charge is -2.21. The lowest BCUT2D eigenvalue weighted by atomic mass is 10.3. The van der Waals surface area contributed by atoms with Gasteiger partial charge >= 0.3 is 5.97 Å². The van der Waals surface area contributed by atoms with E-state index in [2.05, 4.69) is 0 Å². The van der Waals surface area contributed by atoms with Gasteiger partial charge in [0.15, 0.2) is 6.61 Å². The van der Waals surface area contributed by atoms with Gasteiger partial charge in [0.25, 0.3) is 5.91 Å². The highest BCUT2D eigenvalue weighted by Gasteiger charge is 2.32. The molecular weight excluding hydrogens is 274 g/mol. The van der Waals surface area contributed by atoms with E-state index < -0.39 is 5.97 Å². The molecule has 1 N–H and O–H groups in total. The van der Waals surface area contributed by atoms with E-state index in [4.69, 9.17) is 14.6 Å². The van der Waals surface area contributed by atoms with Gasteiger partial charge < -0.3 is 19.5 Å². The Balaban J connectivity index is 1.87. The number of carboxylic acids is 1. The SMILES string of the molecule is COc1cccc(OCC(=O)N(CCC(=O)O)C2CC2)c1. The van der Waals surface area contributed by atoms with E-state index in [9.17, 15) is 9.59 Å². The zero-order valence-electron chi connectivity index (χ0n) is 11.9. The summed E-state index contributed by atoms with van der Waals surface area (Å²) in [5, 5.41) is 8.73. The zero-order chi connectivity index (χ0) is 15.2. The average Bonchev–Trinajstić information content (AvgIpc) is 3.30. The quantitative estimate of drug-likeness (QED) is 0.787. The monoisotopic (exact) mass is 293 g/mol. The van der Waals surface area contributed by atoms with Gasteiger partial charge in [0, 0.05) is 18.7 Å². The van der Waals surface area contributed by atoms with Gasteiger partial charge in [-0.15, -0.1) is 0 Å². The van der Waals surface area contributed by atoms with Crippen LogP contribution in [0.5, 0.6) is 11.5 Å². The summed E-state index contributed by atoms with van der Waals surface area (Å²) in [5.41, 5.74) is 0. The van der Waals surface area contributed by atoms with Crippen molar-refractivity contribution in [1.29, 1.82) is 0 Å². The molecule has 0 unspecified atom stereocenters. The van der Waals surface area contributed by atoms with Crippen molar-refractivity contribution in [3.63, 3.8) is 0 Å². The first-order valence-electron chi connectivity index (χ1n) is 6.88. The van der Waals surface area contributed by atoms with Crippen molar-refractivity contribution in [2.24, 2.45) is 0 Å². The Morgan fingerprint density at radius 3 is 2.67 bits per heavy atom. The summed E-state index contributed by atoms with van der Waals surface area (Å²) in [6.45, 7) is 0.142. The molecule has 0 spiro atoms. The van der Waals surface area contributed by atoms with Gasteiger partial charge in [-0.2, -0.15) is 0 Å². The molecule has 0 radical (unpaired) electrons. The number of aliphatic carboxylic acids is 1. The predicted octanol–water partition coefficient (Wildman–Crippen LogP) is 1.54. The van der Waals surface area contributed by atoms with Crippen molar-refractivity contribution in [1.82, 2.24) is 4.90 Å². The maximum atomic E-state index is 12.1. The molecule has 1 aromatic rings. The van der Waals surface area contributed by atoms with Crippen molar-refractivity contribution in [2.75, 3.05) is 20.3 Å². The van der Waals surface area contributed by atoms with E-state index in [1.165, 1.54) is 0 Å². The second-order valence-corrected chi connectivity index (χ2v) is 4.93. The summed E-state index contributed by atoms with van der Waals surface area (Å²) in [6, 6.07) is 7.19. The topological polar surface area (TPSA) is 76.1 Å². The summed E-state index contributed by atoms with van der Waals surface area (Å²) in [5.74, 6) is 0.130. The van der Waals surface area contributed by atoms with Crippen molar-refractivity contribution in [3.05, 3.63) is 24.3 Å². The summed E-state index contributed by atoms with van der Waals surface area (Å²) in [4.78, 5) is 24.4. The highest BCUT2D eigenvalue weighted by Crippen LogP contribution is 2.27. The Labute approximate surface area is 123 Å². The van der Waals surface area contributed by atoms with E-state index >= 15 is 0 Å². The molecular formula is C15H19NO5. The van der Waals surface area contributed by atoms with Gasteiger partial charge in [0.05, 0.1) is 13.5 Å². The maximum Gasteiger partial charge on any atom is 0.305 e. The van der Waals surface area contributed by atoms with Crippen LogP contribution in [0.2, 0.25) is 0 Å². The minimum absolute atomic E-state index is 0.0403. The lowest BCUT2D eigenvalue weighted by Crippen LogP contribution is -2.38. The van der Waals surface area contributed by atoms with E-state index in [1.807, 2.05) is 0 Å². The highest BCUT2D eigenvalue weighted by molar-refractivity contribution is 5.79. The van der Waals surface area contributed by atoms with Gasteiger partial charge in [-0.3, -0.25) is 9.59 Å². The first kappa shape index (κ1) is 15.2. The third-order valence-corrected chi connectivity index (χ3v) is 3.28. The first-order valence-corrected chi connectivity index (χ1v) is 6.88. The summed E-state index contributed by atoms with van der Waals surface area (Å²) in [6.07, 6.45) is 1.83. The van der Waals surface area contributed by atoms with Crippen LogP contribution < -0.4 is 9.47 Å². The Morgan fingerprint density at radius 2 is 2.05 bits per heavy atom. The molecule has 0 atom stereocenters. The Kier molecular flexibility index (Phi) is 5.03. The van der Waals surface area contributed by atoms with E-state index in [0.29, 0.717) is 11.5 Å². The summed E-state index contributed by atoms with van der Waals surface area (Å²) < 4.78 is 10.5. The number of rotatable bonds is 8. The van der Waals surface area contributed by atoms with Crippen molar-refractivity contribution >= 4 is 11.9 Å². The molecule has 0 aliphatic heterocycles. The molecule has 0 saturated heterocycles. The van der Waals surface area contributed by atoms with Crippen LogP contribution in [0.15, 0.2) is 24.3 Å². The minimum Gasteiger partial charge on any atom is -0.497 e. The minimum atomic E-state index is -0.901. The highest BCUT2D eigenvalue weighted by atomic mass is 16.5. The van der Waals surface area contributed by atoms with E-state index in [-0.39, 0.29) is 31.5 Å². The lowest BCUT2D eigenvalue weighted by molar-refractivity contribution is -0.139. The van der Waals surface area contributed by atoms with Crippen LogP contribution in [0.3, 0.4) is 0 Å². The molecule has 6 heteroatoms. The number of nitrogens with zero attached hydrogens (tertiary/aromatic N) is 1. The van der Waals surface area contributed by atoms with Crippen molar-refractivity contribution < 1.29 is 24.2 Å². The molecule has 1 saturated carbocycles. The number of hydrogen-bond donors (Lipinski definition) is 1. The number of carbonyl (C=O) groups is 2. The van der Waals surface area contributed by atoms with Crippen LogP contribution in [0.1, 0.15) is 19.3 Å². The second kappa shape index (κ2) is 6.97. The fourth-order valence-electron chi connectivity index (χ4n) is 2.03. The molecule has 0 bridgehead atoms. The van der Waals surface area contributed by atoms with Gasteiger partial charge in [0.1, 0.15) is 11.5 Å². The molecule has 114 valence electrons. The Hall–Kier alpha value is -2.24. The average molecular weight is 293 g/mol. The first-order chi connectivity index (χ1) is 10.1. The molecule has 1 aliphatic rings. The standard InChI is InChI=1S/C15H19NO5/c1-20-12-3-2-4-13(9-12)21-10-14(17)16(11-5-6-11)8-7-15(18)19/h2-4,9,11H,5-8,10H2,1H3,(H,18,19). The number of benzene rings is 1. The molecule has 1 fully saturated rings. The summed E-state index contributed by atoms with van der Waals surface area (Å²) in [7, 11) is 1.56. The Morgan fingerprint density at radius 1 is 1.33 bits per heavy atom. The van der Waals surface area contributed by atoms with Crippen molar-refractivity contribution in [3.8, 4) is 11.5 Å². The zero-order valence-corrected chi connectivity index (χ0v) is 11.9. The van der Waals surface area contributed by atoms with E-state index in [1.54, 1.807) is 36.3 Å². The molecule has 0 aromatic heterocycles. The molecule has 21 heavy (non-hydrogen) atoms. The summed E-state index contributed by atoms with van der Waals surface area (Å²) >= 11 is 0. The molecule has 1 aliphatic carbocycles. The number of hydrogen-bond acceptors (Lipinski definition) is 4. The van der Waals surface area contributed by atoms with Gasteiger partial charge in [-0.05, 0) is 25.0 Å². The largest absolute Gasteiger partial charge is 0.497 e. The molecule has 0 heterocycles. The molecule has 1 amide bonds. The second-order valence-electron chi connectivity index (χ2n) is 4.93. The normalized spacial score (nSPS) is 13.6. The van der Waals surface area contributed by atoms with Gasteiger partial charge in [-0.25, -0.2) is 0 Å². The number of methoxy groups -OCH3 is 1. The predicted molar refractivity (Wildman–Crippen MR) is 75.5 cm³/mol. The smallest absolute Gasteiger partial charge is 0.305 e. The molecule has 1 aromatic carbocycles. The molecule has 6 nitrogen and oxygen atoms in total.